The molecule has 152 valence electrons. The Hall–Kier alpha value is -2.79. The molecule has 0 saturated heterocycles. The first-order valence-electron chi connectivity index (χ1n) is 8.51. The third kappa shape index (κ3) is 4.98. The van der Waals surface area contributed by atoms with Crippen LogP contribution in [0.15, 0.2) is 76.5 Å². The number of fused-ring (bicyclic) bond motifs is 1. The minimum Gasteiger partial charge on any atom is -0.325 e. The molecule has 3 aromatic carbocycles. The van der Waals surface area contributed by atoms with Crippen LogP contribution < -0.4 is 15.2 Å². The fourth-order valence-electron chi connectivity index (χ4n) is 2.67. The van der Waals surface area contributed by atoms with Crippen molar-refractivity contribution >= 4 is 42.4 Å². The van der Waals surface area contributed by atoms with Crippen LogP contribution >= 0.6 is 0 Å². The van der Waals surface area contributed by atoms with E-state index in [1.54, 1.807) is 12.1 Å². The highest BCUT2D eigenvalue weighted by molar-refractivity contribution is 7.89. The maximum atomic E-state index is 12.6. The third-order valence-corrected chi connectivity index (χ3v) is 6.67. The molecule has 0 fully saturated rings. The summed E-state index contributed by atoms with van der Waals surface area (Å²) in [6.07, 6.45) is 0. The van der Waals surface area contributed by atoms with Crippen LogP contribution in [0.2, 0.25) is 0 Å². The van der Waals surface area contributed by atoms with Crippen LogP contribution in [0, 0.1) is 0 Å². The minimum absolute atomic E-state index is 0.0494. The van der Waals surface area contributed by atoms with Gasteiger partial charge in [-0.2, -0.15) is 4.72 Å². The van der Waals surface area contributed by atoms with Gasteiger partial charge in [0.2, 0.25) is 26.0 Å². The van der Waals surface area contributed by atoms with E-state index >= 15 is 0 Å². The van der Waals surface area contributed by atoms with E-state index in [4.69, 9.17) is 5.14 Å². The molecule has 10 heteroatoms. The van der Waals surface area contributed by atoms with Gasteiger partial charge in [-0.15, -0.1) is 0 Å². The van der Waals surface area contributed by atoms with Crippen LogP contribution in [0.4, 0.5) is 5.69 Å². The summed E-state index contributed by atoms with van der Waals surface area (Å²) in [6.45, 7) is 1.41. The molecule has 0 aliphatic heterocycles. The number of nitrogens with two attached hydrogens (primary N) is 1. The Morgan fingerprint density at radius 3 is 2.07 bits per heavy atom. The summed E-state index contributed by atoms with van der Waals surface area (Å²) in [6, 6.07) is 16.2. The molecule has 1 atom stereocenters. The number of nitrogens with one attached hydrogen (secondary N) is 2. The van der Waals surface area contributed by atoms with Gasteiger partial charge in [0, 0.05) is 5.69 Å². The summed E-state index contributed by atoms with van der Waals surface area (Å²) in [5, 5.41) is 9.22. The van der Waals surface area contributed by atoms with Gasteiger partial charge in [-0.05, 0) is 54.1 Å². The Bertz CT molecular complexity index is 1270. The van der Waals surface area contributed by atoms with Crippen LogP contribution in [0.1, 0.15) is 6.92 Å². The molecule has 0 bridgehead atoms. The first-order valence-corrected chi connectivity index (χ1v) is 11.5. The number of sulfonamides is 2. The van der Waals surface area contributed by atoms with Gasteiger partial charge in [-0.1, -0.05) is 30.3 Å². The van der Waals surface area contributed by atoms with Crippen molar-refractivity contribution in [1.82, 2.24) is 4.72 Å². The Labute approximate surface area is 168 Å². The van der Waals surface area contributed by atoms with Gasteiger partial charge in [0.05, 0.1) is 15.8 Å². The van der Waals surface area contributed by atoms with Crippen molar-refractivity contribution < 1.29 is 21.6 Å². The lowest BCUT2D eigenvalue weighted by molar-refractivity contribution is -0.117. The lowest BCUT2D eigenvalue weighted by Gasteiger charge is -2.15. The smallest absolute Gasteiger partial charge is 0.242 e. The molecule has 0 aromatic heterocycles. The number of amides is 1. The summed E-state index contributed by atoms with van der Waals surface area (Å²) >= 11 is 0. The Morgan fingerprint density at radius 2 is 1.45 bits per heavy atom. The molecule has 0 aliphatic carbocycles. The van der Waals surface area contributed by atoms with E-state index < -0.39 is 32.0 Å². The highest BCUT2D eigenvalue weighted by Gasteiger charge is 2.22. The molecular weight excluding hydrogens is 414 g/mol. The number of hydrogen-bond donors (Lipinski definition) is 3. The monoisotopic (exact) mass is 433 g/mol. The van der Waals surface area contributed by atoms with E-state index in [1.165, 1.54) is 43.3 Å². The molecule has 8 nitrogen and oxygen atoms in total. The maximum absolute atomic E-state index is 12.6. The van der Waals surface area contributed by atoms with Gasteiger partial charge in [0.25, 0.3) is 0 Å². The fraction of sp³-hybridized carbons (Fsp3) is 0.105. The molecule has 0 saturated carbocycles. The largest absolute Gasteiger partial charge is 0.325 e. The molecule has 0 radical (unpaired) electrons. The van der Waals surface area contributed by atoms with Crippen LogP contribution in [0.3, 0.4) is 0 Å². The molecule has 0 unspecified atom stereocenters. The third-order valence-electron chi connectivity index (χ3n) is 4.21. The number of hydrogen-bond acceptors (Lipinski definition) is 5. The molecule has 0 aliphatic rings. The molecule has 1 amide bonds. The predicted octanol–water partition coefficient (Wildman–Crippen LogP) is 1.79. The van der Waals surface area contributed by atoms with Crippen molar-refractivity contribution in [1.29, 1.82) is 0 Å². The predicted molar refractivity (Wildman–Crippen MR) is 110 cm³/mol. The van der Waals surface area contributed by atoms with Crippen molar-refractivity contribution in [2.75, 3.05) is 5.32 Å². The number of carbonyl (C=O) groups excluding carboxylic acids is 1. The zero-order valence-electron chi connectivity index (χ0n) is 15.4. The molecule has 3 aromatic rings. The zero-order chi connectivity index (χ0) is 21.2. The maximum Gasteiger partial charge on any atom is 0.242 e. The van der Waals surface area contributed by atoms with Crippen molar-refractivity contribution in [3.8, 4) is 0 Å². The SMILES string of the molecule is C[C@H](NS(=O)(=O)c1ccc2ccccc2c1)C(=O)Nc1ccc(S(N)(=O)=O)cc1. The Morgan fingerprint density at radius 1 is 0.862 bits per heavy atom. The number of benzene rings is 3. The van der Waals surface area contributed by atoms with E-state index in [0.717, 1.165) is 10.8 Å². The summed E-state index contributed by atoms with van der Waals surface area (Å²) in [4.78, 5) is 12.3. The fourth-order valence-corrected chi connectivity index (χ4v) is 4.42. The van der Waals surface area contributed by atoms with Crippen molar-refractivity contribution in [2.45, 2.75) is 22.8 Å². The van der Waals surface area contributed by atoms with Gasteiger partial charge in [-0.3, -0.25) is 4.79 Å². The van der Waals surface area contributed by atoms with Gasteiger partial charge in [0.15, 0.2) is 0 Å². The average molecular weight is 434 g/mol. The lowest BCUT2D eigenvalue weighted by atomic mass is 10.1. The summed E-state index contributed by atoms with van der Waals surface area (Å²) in [5.41, 5.74) is 0.305. The molecule has 4 N–H and O–H groups in total. The van der Waals surface area contributed by atoms with Crippen molar-refractivity contribution in [3.05, 3.63) is 66.7 Å². The first kappa shape index (κ1) is 20.9. The van der Waals surface area contributed by atoms with Crippen LogP contribution in [-0.4, -0.2) is 28.8 Å². The first-order chi connectivity index (χ1) is 13.6. The van der Waals surface area contributed by atoms with Crippen LogP contribution in [0.25, 0.3) is 10.8 Å². The second kappa shape index (κ2) is 7.91. The zero-order valence-corrected chi connectivity index (χ0v) is 17.0. The van der Waals surface area contributed by atoms with E-state index in [9.17, 15) is 21.6 Å². The summed E-state index contributed by atoms with van der Waals surface area (Å²) in [7, 11) is -7.76. The van der Waals surface area contributed by atoms with Crippen molar-refractivity contribution in [2.24, 2.45) is 5.14 Å². The second-order valence-electron chi connectivity index (χ2n) is 6.41. The minimum atomic E-state index is -3.92. The van der Waals surface area contributed by atoms with E-state index in [1.807, 2.05) is 18.2 Å². The second-order valence-corrected chi connectivity index (χ2v) is 9.69. The molecule has 0 heterocycles. The number of carbonyl (C=O) groups is 1. The molecular formula is C19H19N3O5S2. The average Bonchev–Trinajstić information content (AvgIpc) is 2.67. The van der Waals surface area contributed by atoms with Gasteiger partial charge in [-0.25, -0.2) is 22.0 Å². The van der Waals surface area contributed by atoms with Gasteiger partial charge >= 0.3 is 0 Å². The summed E-state index contributed by atoms with van der Waals surface area (Å²) in [5.74, 6) is -0.599. The molecule has 3 rings (SSSR count). The lowest BCUT2D eigenvalue weighted by Crippen LogP contribution is -2.41. The van der Waals surface area contributed by atoms with Crippen LogP contribution in [0.5, 0.6) is 0 Å². The molecule has 0 spiro atoms. The van der Waals surface area contributed by atoms with Gasteiger partial charge in [0.1, 0.15) is 0 Å². The quantitative estimate of drug-likeness (QED) is 0.545. The van der Waals surface area contributed by atoms with Crippen LogP contribution in [-0.2, 0) is 24.8 Å². The number of primary sulfonamides is 1. The highest BCUT2D eigenvalue weighted by Crippen LogP contribution is 2.19. The standard InChI is InChI=1S/C19H19N3O5S2/c1-13(19(23)21-16-7-10-17(11-8-16)28(20,24)25)22-29(26,27)18-9-6-14-4-2-3-5-15(14)12-18/h2-13,22H,1H3,(H,21,23)(H2,20,24,25)/t13-/m0/s1. The Kier molecular flexibility index (Phi) is 5.71. The van der Waals surface area contributed by atoms with E-state index in [0.29, 0.717) is 5.69 Å². The normalized spacial score (nSPS) is 13.2. The Balaban J connectivity index is 1.72. The number of rotatable bonds is 6. The van der Waals surface area contributed by atoms with E-state index in [2.05, 4.69) is 10.0 Å². The van der Waals surface area contributed by atoms with Gasteiger partial charge < -0.3 is 5.32 Å². The topological polar surface area (TPSA) is 135 Å². The van der Waals surface area contributed by atoms with Crippen molar-refractivity contribution in [3.63, 3.8) is 0 Å². The highest BCUT2D eigenvalue weighted by atomic mass is 32.2. The van der Waals surface area contributed by atoms with E-state index in [-0.39, 0.29) is 9.79 Å². The summed E-state index contributed by atoms with van der Waals surface area (Å²) < 4.78 is 50.1. The molecule has 29 heavy (non-hydrogen) atoms. The number of anilines is 1.